The molecule has 1 nitrogen and oxygen atoms in total. The molecule has 0 aromatic rings. The van der Waals surface area contributed by atoms with Crippen LogP contribution in [0.1, 0.15) is 20.8 Å². The largest absolute Gasteiger partial charge is 0.387 e. The van der Waals surface area contributed by atoms with Crippen LogP contribution in [-0.4, -0.2) is 15.0 Å². The third-order valence-electron chi connectivity index (χ3n) is 1.07. The van der Waals surface area contributed by atoms with Gasteiger partial charge < -0.3 is 5.11 Å². The SMILES string of the molecule is CC(C)(O)C(C)(Cl)Cl. The van der Waals surface area contributed by atoms with Gasteiger partial charge in [-0.2, -0.15) is 0 Å². The Morgan fingerprint density at radius 1 is 1.12 bits per heavy atom. The van der Waals surface area contributed by atoms with Gasteiger partial charge in [-0.05, 0) is 20.8 Å². The molecule has 0 spiro atoms. The molecule has 0 saturated carbocycles. The number of rotatable bonds is 1. The normalized spacial score (nSPS) is 14.2. The van der Waals surface area contributed by atoms with Crippen LogP contribution in [0, 0.1) is 0 Å². The number of halogens is 2. The molecule has 0 aliphatic heterocycles. The van der Waals surface area contributed by atoms with Gasteiger partial charge >= 0.3 is 0 Å². The molecule has 0 heterocycles. The van der Waals surface area contributed by atoms with E-state index in [1.807, 2.05) is 0 Å². The van der Waals surface area contributed by atoms with E-state index in [0.29, 0.717) is 0 Å². The van der Waals surface area contributed by atoms with Gasteiger partial charge in [-0.1, -0.05) is 23.2 Å². The zero-order valence-electron chi connectivity index (χ0n) is 5.20. The summed E-state index contributed by atoms with van der Waals surface area (Å²) >= 11 is 11.0. The zero-order valence-corrected chi connectivity index (χ0v) is 6.72. The Hall–Kier alpha value is 0.540. The molecule has 3 heteroatoms. The van der Waals surface area contributed by atoms with E-state index in [2.05, 4.69) is 0 Å². The molecule has 8 heavy (non-hydrogen) atoms. The van der Waals surface area contributed by atoms with Crippen molar-refractivity contribution in [2.45, 2.75) is 30.7 Å². The molecule has 0 unspecified atom stereocenters. The van der Waals surface area contributed by atoms with Crippen molar-refractivity contribution in [1.82, 2.24) is 0 Å². The van der Waals surface area contributed by atoms with Crippen molar-refractivity contribution in [2.75, 3.05) is 0 Å². The third-order valence-corrected chi connectivity index (χ3v) is 2.00. The van der Waals surface area contributed by atoms with Crippen molar-refractivity contribution in [1.29, 1.82) is 0 Å². The second-order valence-electron chi connectivity index (χ2n) is 2.45. The molecule has 0 saturated heterocycles. The van der Waals surface area contributed by atoms with Gasteiger partial charge in [-0.3, -0.25) is 0 Å². The Kier molecular flexibility index (Phi) is 2.19. The Balaban J connectivity index is 4.02. The first kappa shape index (κ1) is 8.54. The van der Waals surface area contributed by atoms with Crippen LogP contribution < -0.4 is 0 Å². The highest BCUT2D eigenvalue weighted by Crippen LogP contribution is 2.32. The van der Waals surface area contributed by atoms with Crippen molar-refractivity contribution in [3.63, 3.8) is 0 Å². The first-order valence-corrected chi connectivity index (χ1v) is 3.11. The van der Waals surface area contributed by atoms with E-state index < -0.39 is 9.93 Å². The molecule has 0 atom stereocenters. The van der Waals surface area contributed by atoms with E-state index in [1.54, 1.807) is 20.8 Å². The van der Waals surface area contributed by atoms with Crippen LogP contribution in [0.15, 0.2) is 0 Å². The van der Waals surface area contributed by atoms with Crippen molar-refractivity contribution >= 4 is 23.2 Å². The topological polar surface area (TPSA) is 20.2 Å². The van der Waals surface area contributed by atoms with Gasteiger partial charge in [0.05, 0.1) is 5.60 Å². The van der Waals surface area contributed by atoms with E-state index >= 15 is 0 Å². The molecule has 0 bridgehead atoms. The quantitative estimate of drug-likeness (QED) is 0.576. The first-order chi connectivity index (χ1) is 3.25. The summed E-state index contributed by atoms with van der Waals surface area (Å²) in [4.78, 5) is 0. The van der Waals surface area contributed by atoms with Crippen LogP contribution in [0.3, 0.4) is 0 Å². The number of hydrogen-bond donors (Lipinski definition) is 1. The van der Waals surface area contributed by atoms with Gasteiger partial charge in [-0.15, -0.1) is 0 Å². The maximum atomic E-state index is 9.09. The molecule has 0 aliphatic carbocycles. The molecule has 0 rings (SSSR count). The molecule has 0 aromatic heterocycles. The fourth-order valence-electron chi connectivity index (χ4n) is 0. The fourth-order valence-corrected chi connectivity index (χ4v) is 0. The fraction of sp³-hybridized carbons (Fsp3) is 1.00. The summed E-state index contributed by atoms with van der Waals surface area (Å²) in [5.41, 5.74) is -1.03. The summed E-state index contributed by atoms with van der Waals surface area (Å²) in [6.45, 7) is 4.68. The van der Waals surface area contributed by atoms with Gasteiger partial charge in [0.1, 0.15) is 4.33 Å². The van der Waals surface area contributed by atoms with E-state index in [9.17, 15) is 0 Å². The molecule has 1 N–H and O–H groups in total. The molecular formula is C5H10Cl2O. The van der Waals surface area contributed by atoms with Crippen LogP contribution in [0.2, 0.25) is 0 Å². The molecule has 0 aromatic carbocycles. The Morgan fingerprint density at radius 2 is 1.25 bits per heavy atom. The van der Waals surface area contributed by atoms with Gasteiger partial charge in [-0.25, -0.2) is 0 Å². The Morgan fingerprint density at radius 3 is 1.25 bits per heavy atom. The van der Waals surface area contributed by atoms with E-state index in [4.69, 9.17) is 28.3 Å². The van der Waals surface area contributed by atoms with Gasteiger partial charge in [0.2, 0.25) is 0 Å². The summed E-state index contributed by atoms with van der Waals surface area (Å²) in [6, 6.07) is 0. The number of hydrogen-bond acceptors (Lipinski definition) is 1. The summed E-state index contributed by atoms with van der Waals surface area (Å²) in [6.07, 6.45) is 0. The average molecular weight is 157 g/mol. The maximum absolute atomic E-state index is 9.09. The second kappa shape index (κ2) is 2.05. The molecule has 50 valence electrons. The molecule has 0 fully saturated rings. The van der Waals surface area contributed by atoms with Crippen LogP contribution >= 0.6 is 23.2 Å². The average Bonchev–Trinajstić information content (AvgIpc) is 1.25. The minimum absolute atomic E-state index is 1.03. The van der Waals surface area contributed by atoms with Crippen molar-refractivity contribution < 1.29 is 5.11 Å². The predicted molar refractivity (Wildman–Crippen MR) is 36.4 cm³/mol. The van der Waals surface area contributed by atoms with Crippen LogP contribution in [0.4, 0.5) is 0 Å². The van der Waals surface area contributed by atoms with E-state index in [1.165, 1.54) is 0 Å². The van der Waals surface area contributed by atoms with Crippen LogP contribution in [0.5, 0.6) is 0 Å². The highest BCUT2D eigenvalue weighted by molar-refractivity contribution is 6.48. The number of aliphatic hydroxyl groups is 1. The van der Waals surface area contributed by atoms with Crippen LogP contribution in [0.25, 0.3) is 0 Å². The van der Waals surface area contributed by atoms with Gasteiger partial charge in [0, 0.05) is 0 Å². The molecule has 0 aliphatic rings. The lowest BCUT2D eigenvalue weighted by Gasteiger charge is -2.28. The minimum Gasteiger partial charge on any atom is -0.387 e. The third kappa shape index (κ3) is 2.21. The second-order valence-corrected chi connectivity index (χ2v) is 4.15. The smallest absolute Gasteiger partial charge is 0.143 e. The lowest BCUT2D eigenvalue weighted by Crippen LogP contribution is -2.37. The predicted octanol–water partition coefficient (Wildman–Crippen LogP) is 1.95. The zero-order chi connectivity index (χ0) is 7.00. The van der Waals surface area contributed by atoms with Gasteiger partial charge in [0.15, 0.2) is 0 Å². The van der Waals surface area contributed by atoms with E-state index in [0.717, 1.165) is 0 Å². The van der Waals surface area contributed by atoms with Crippen molar-refractivity contribution in [2.24, 2.45) is 0 Å². The van der Waals surface area contributed by atoms with Crippen molar-refractivity contribution in [3.05, 3.63) is 0 Å². The lowest BCUT2D eigenvalue weighted by molar-refractivity contribution is 0.0674. The molecule has 0 amide bonds. The van der Waals surface area contributed by atoms with Crippen LogP contribution in [-0.2, 0) is 0 Å². The minimum atomic E-state index is -1.06. The molecular weight excluding hydrogens is 147 g/mol. The highest BCUT2D eigenvalue weighted by Gasteiger charge is 2.35. The standard InChI is InChI=1S/C5H10Cl2O/c1-4(2,8)5(3,6)7/h8H,1-3H3. The Bertz CT molecular complexity index is 65.4. The summed E-state index contributed by atoms with van der Waals surface area (Å²) < 4.78 is -1.06. The van der Waals surface area contributed by atoms with E-state index in [-0.39, 0.29) is 0 Å². The first-order valence-electron chi connectivity index (χ1n) is 2.35. The highest BCUT2D eigenvalue weighted by atomic mass is 35.5. The summed E-state index contributed by atoms with van der Waals surface area (Å²) in [5.74, 6) is 0. The monoisotopic (exact) mass is 156 g/mol. The Labute approximate surface area is 59.6 Å². The summed E-state index contributed by atoms with van der Waals surface area (Å²) in [5, 5.41) is 9.09. The van der Waals surface area contributed by atoms with Crippen molar-refractivity contribution in [3.8, 4) is 0 Å². The number of alkyl halides is 2. The summed E-state index contributed by atoms with van der Waals surface area (Å²) in [7, 11) is 0. The molecule has 0 radical (unpaired) electrons. The van der Waals surface area contributed by atoms with Gasteiger partial charge in [0.25, 0.3) is 0 Å². The maximum Gasteiger partial charge on any atom is 0.143 e. The lowest BCUT2D eigenvalue weighted by atomic mass is 10.1.